The number of urea groups is 1. The number of carbonyl (C=O) groups excluding carboxylic acids is 2. The maximum Gasteiger partial charge on any atom is 0.321 e. The minimum absolute atomic E-state index is 0.0923. The maximum atomic E-state index is 13.6. The van der Waals surface area contributed by atoms with Gasteiger partial charge in [0.25, 0.3) is 0 Å². The molecular formula is C26H31FN4O4. The van der Waals surface area contributed by atoms with E-state index in [-0.39, 0.29) is 30.7 Å². The van der Waals surface area contributed by atoms with Crippen LogP contribution in [-0.2, 0) is 11.3 Å². The zero-order chi connectivity index (χ0) is 24.6. The fourth-order valence-electron chi connectivity index (χ4n) is 5.14. The van der Waals surface area contributed by atoms with Crippen LogP contribution >= 0.6 is 0 Å². The van der Waals surface area contributed by atoms with E-state index in [1.807, 2.05) is 23.1 Å². The standard InChI is InChI=1S/C26H31FN4O4/c1-3-17(2)23-24(32)31(15-18-7-8-21-22(13-18)35-16-34-21)26(29-23)9-11-30(12-10-26)25(33)28-20-6-4-5-19(27)14-20/h4-8,13-14,17,23,29H,3,9-12,15-16H2,1-2H3,(H,28,33)/t17-,23-/m1/s1. The van der Waals surface area contributed by atoms with Crippen LogP contribution in [0.4, 0.5) is 14.9 Å². The number of hydrogen-bond acceptors (Lipinski definition) is 5. The van der Waals surface area contributed by atoms with E-state index in [1.165, 1.54) is 12.1 Å². The van der Waals surface area contributed by atoms with Crippen LogP contribution < -0.4 is 20.1 Å². The van der Waals surface area contributed by atoms with Gasteiger partial charge in [-0.2, -0.15) is 0 Å². The number of anilines is 1. The quantitative estimate of drug-likeness (QED) is 0.675. The van der Waals surface area contributed by atoms with E-state index in [0.717, 1.165) is 12.0 Å². The van der Waals surface area contributed by atoms with Crippen molar-refractivity contribution in [3.63, 3.8) is 0 Å². The molecule has 0 radical (unpaired) electrons. The van der Waals surface area contributed by atoms with Gasteiger partial charge in [-0.05, 0) is 41.8 Å². The Labute approximate surface area is 204 Å². The Hall–Kier alpha value is -3.33. The Balaban J connectivity index is 1.32. The number of amides is 3. The highest BCUT2D eigenvalue weighted by Crippen LogP contribution is 2.38. The molecule has 2 atom stereocenters. The fraction of sp³-hybridized carbons (Fsp3) is 0.462. The van der Waals surface area contributed by atoms with Crippen LogP contribution in [0.25, 0.3) is 0 Å². The van der Waals surface area contributed by atoms with Gasteiger partial charge in [0.1, 0.15) is 5.82 Å². The van der Waals surface area contributed by atoms with E-state index in [1.54, 1.807) is 17.0 Å². The number of ether oxygens (including phenoxy) is 2. The Morgan fingerprint density at radius 3 is 2.71 bits per heavy atom. The first-order valence-electron chi connectivity index (χ1n) is 12.2. The number of fused-ring (bicyclic) bond motifs is 1. The van der Waals surface area contributed by atoms with Gasteiger partial charge in [-0.25, -0.2) is 9.18 Å². The minimum atomic E-state index is -0.531. The highest BCUT2D eigenvalue weighted by molar-refractivity contribution is 5.89. The van der Waals surface area contributed by atoms with Crippen molar-refractivity contribution in [2.75, 3.05) is 25.2 Å². The lowest BCUT2D eigenvalue weighted by atomic mass is 9.95. The summed E-state index contributed by atoms with van der Waals surface area (Å²) in [6, 6.07) is 11.1. The van der Waals surface area contributed by atoms with E-state index >= 15 is 0 Å². The molecule has 1 spiro atoms. The molecule has 2 aromatic carbocycles. The molecule has 8 nitrogen and oxygen atoms in total. The minimum Gasteiger partial charge on any atom is -0.454 e. The van der Waals surface area contributed by atoms with Gasteiger partial charge in [-0.1, -0.05) is 32.4 Å². The second-order valence-corrected chi connectivity index (χ2v) is 9.58. The van der Waals surface area contributed by atoms with Crippen LogP contribution in [0.5, 0.6) is 11.5 Å². The normalized spacial score (nSPS) is 21.5. The number of halogens is 1. The maximum absolute atomic E-state index is 13.6. The van der Waals surface area contributed by atoms with E-state index in [2.05, 4.69) is 24.5 Å². The van der Waals surface area contributed by atoms with Gasteiger partial charge in [0.2, 0.25) is 12.7 Å². The van der Waals surface area contributed by atoms with Crippen molar-refractivity contribution in [2.24, 2.45) is 5.92 Å². The van der Waals surface area contributed by atoms with Crippen molar-refractivity contribution in [2.45, 2.75) is 51.4 Å². The average Bonchev–Trinajstić information content (AvgIpc) is 3.42. The topological polar surface area (TPSA) is 83.1 Å². The van der Waals surface area contributed by atoms with E-state index < -0.39 is 11.5 Å². The number of hydrogen-bond donors (Lipinski definition) is 2. The summed E-state index contributed by atoms with van der Waals surface area (Å²) in [6.45, 7) is 5.79. The Morgan fingerprint density at radius 2 is 1.97 bits per heavy atom. The summed E-state index contributed by atoms with van der Waals surface area (Å²) in [7, 11) is 0. The van der Waals surface area contributed by atoms with E-state index in [9.17, 15) is 14.0 Å². The van der Waals surface area contributed by atoms with Gasteiger partial charge in [0.05, 0.1) is 11.7 Å². The third-order valence-electron chi connectivity index (χ3n) is 7.42. The molecule has 35 heavy (non-hydrogen) atoms. The Kier molecular flexibility index (Phi) is 6.27. The third kappa shape index (κ3) is 4.52. The molecule has 2 N–H and O–H groups in total. The first kappa shape index (κ1) is 23.4. The number of nitrogens with zero attached hydrogens (tertiary/aromatic N) is 2. The molecule has 9 heteroatoms. The predicted octanol–water partition coefficient (Wildman–Crippen LogP) is 3.93. The molecule has 3 aliphatic heterocycles. The molecule has 3 amide bonds. The van der Waals surface area contributed by atoms with Gasteiger partial charge in [0, 0.05) is 38.2 Å². The SMILES string of the molecule is CC[C@@H](C)[C@H]1NC2(CCN(C(=O)Nc3cccc(F)c3)CC2)N(Cc2ccc3c(c2)OCO3)C1=O. The largest absolute Gasteiger partial charge is 0.454 e. The fourth-order valence-corrected chi connectivity index (χ4v) is 5.14. The van der Waals surface area contributed by atoms with E-state index in [4.69, 9.17) is 9.47 Å². The molecule has 0 aliphatic carbocycles. The van der Waals surface area contributed by atoms with Gasteiger partial charge in [-0.15, -0.1) is 0 Å². The highest BCUT2D eigenvalue weighted by atomic mass is 19.1. The summed E-state index contributed by atoms with van der Waals surface area (Å²) in [5, 5.41) is 6.43. The van der Waals surface area contributed by atoms with Crippen molar-refractivity contribution >= 4 is 17.6 Å². The van der Waals surface area contributed by atoms with Gasteiger partial charge < -0.3 is 24.6 Å². The third-order valence-corrected chi connectivity index (χ3v) is 7.42. The number of rotatable bonds is 5. The molecule has 3 heterocycles. The summed E-state index contributed by atoms with van der Waals surface area (Å²) in [5.74, 6) is 1.29. The molecule has 2 saturated heterocycles. The zero-order valence-corrected chi connectivity index (χ0v) is 20.1. The second-order valence-electron chi connectivity index (χ2n) is 9.58. The summed E-state index contributed by atoms with van der Waals surface area (Å²) >= 11 is 0. The molecule has 0 unspecified atom stereocenters. The zero-order valence-electron chi connectivity index (χ0n) is 20.1. The lowest BCUT2D eigenvalue weighted by Crippen LogP contribution is -2.59. The van der Waals surface area contributed by atoms with Crippen LogP contribution in [-0.4, -0.2) is 53.3 Å². The predicted molar refractivity (Wildman–Crippen MR) is 128 cm³/mol. The molecule has 0 bridgehead atoms. The molecule has 0 saturated carbocycles. The number of carbonyl (C=O) groups is 2. The number of nitrogens with one attached hydrogen (secondary N) is 2. The Morgan fingerprint density at radius 1 is 1.20 bits per heavy atom. The Bertz CT molecular complexity index is 1120. The van der Waals surface area contributed by atoms with Crippen LogP contribution in [0, 0.1) is 11.7 Å². The van der Waals surface area contributed by atoms with Gasteiger partial charge in [0.15, 0.2) is 11.5 Å². The smallest absolute Gasteiger partial charge is 0.321 e. The molecule has 2 fully saturated rings. The van der Waals surface area contributed by atoms with Gasteiger partial charge in [-0.3, -0.25) is 10.1 Å². The molecule has 2 aromatic rings. The number of piperidine rings is 1. The van der Waals surface area contributed by atoms with Crippen LogP contribution in [0.3, 0.4) is 0 Å². The van der Waals surface area contributed by atoms with Crippen LogP contribution in [0.15, 0.2) is 42.5 Å². The summed E-state index contributed by atoms with van der Waals surface area (Å²) in [6.07, 6.45) is 2.10. The first-order chi connectivity index (χ1) is 16.9. The van der Waals surface area contributed by atoms with E-state index in [0.29, 0.717) is 49.7 Å². The van der Waals surface area contributed by atoms with Crippen molar-refractivity contribution < 1.29 is 23.5 Å². The van der Waals surface area contributed by atoms with Crippen molar-refractivity contribution in [3.05, 3.63) is 53.8 Å². The average molecular weight is 483 g/mol. The molecular weight excluding hydrogens is 451 g/mol. The monoisotopic (exact) mass is 482 g/mol. The van der Waals surface area contributed by atoms with Crippen molar-refractivity contribution in [1.29, 1.82) is 0 Å². The first-order valence-corrected chi connectivity index (χ1v) is 12.2. The van der Waals surface area contributed by atoms with Crippen LogP contribution in [0.1, 0.15) is 38.7 Å². The lowest BCUT2D eigenvalue weighted by Gasteiger charge is -2.44. The molecule has 3 aliphatic rings. The summed E-state index contributed by atoms with van der Waals surface area (Å²) in [4.78, 5) is 30.1. The highest BCUT2D eigenvalue weighted by Gasteiger charge is 2.52. The summed E-state index contributed by atoms with van der Waals surface area (Å²) in [5.41, 5.74) is 0.863. The number of likely N-dealkylation sites (tertiary alicyclic amines) is 1. The molecule has 5 rings (SSSR count). The molecule has 0 aromatic heterocycles. The summed E-state index contributed by atoms with van der Waals surface area (Å²) < 4.78 is 24.4. The lowest BCUT2D eigenvalue weighted by molar-refractivity contribution is -0.134. The second kappa shape index (κ2) is 9.37. The van der Waals surface area contributed by atoms with Crippen LogP contribution in [0.2, 0.25) is 0 Å². The van der Waals surface area contributed by atoms with Crippen molar-refractivity contribution in [1.82, 2.24) is 15.1 Å². The molecule has 186 valence electrons. The van der Waals surface area contributed by atoms with Gasteiger partial charge >= 0.3 is 6.03 Å². The number of benzene rings is 2. The van der Waals surface area contributed by atoms with Crippen molar-refractivity contribution in [3.8, 4) is 11.5 Å².